The van der Waals surface area contributed by atoms with Crippen molar-refractivity contribution in [1.29, 1.82) is 0 Å². The maximum absolute atomic E-state index is 9.40. The van der Waals surface area contributed by atoms with Crippen LogP contribution in [0.3, 0.4) is 0 Å². The molecule has 96 valence electrons. The summed E-state index contributed by atoms with van der Waals surface area (Å²) < 4.78 is 1.78. The number of benzene rings is 1. The number of hydrogen-bond donors (Lipinski definition) is 3. The van der Waals surface area contributed by atoms with Crippen LogP contribution in [-0.4, -0.2) is 39.1 Å². The number of anilines is 3. The van der Waals surface area contributed by atoms with E-state index in [1.54, 1.807) is 10.6 Å². The molecule has 0 saturated heterocycles. The van der Waals surface area contributed by atoms with Crippen molar-refractivity contribution in [2.75, 3.05) is 24.3 Å². The van der Waals surface area contributed by atoms with Crippen molar-refractivity contribution in [3.63, 3.8) is 0 Å². The van der Waals surface area contributed by atoms with Crippen LogP contribution < -0.4 is 10.2 Å². The normalized spacial score (nSPS) is 10.4. The Balaban J connectivity index is 2.26. The number of hydrogen-bond acceptors (Lipinski definition) is 6. The fourth-order valence-electron chi connectivity index (χ4n) is 1.55. The van der Waals surface area contributed by atoms with E-state index in [1.807, 2.05) is 26.0 Å². The number of rotatable bonds is 3. The molecule has 0 bridgehead atoms. The summed E-state index contributed by atoms with van der Waals surface area (Å²) in [5.74, 6) is 0.909. The number of nitrogens with zero attached hydrogens (tertiary/aromatic N) is 4. The monoisotopic (exact) mass is 249 g/mol. The van der Waals surface area contributed by atoms with Crippen LogP contribution in [0.1, 0.15) is 0 Å². The van der Waals surface area contributed by atoms with Gasteiger partial charge < -0.3 is 20.4 Å². The van der Waals surface area contributed by atoms with Crippen LogP contribution in [0.5, 0.6) is 11.5 Å². The van der Waals surface area contributed by atoms with Gasteiger partial charge in [-0.1, -0.05) is 0 Å². The Morgan fingerprint density at radius 2 is 1.89 bits per heavy atom. The van der Waals surface area contributed by atoms with Crippen molar-refractivity contribution >= 4 is 17.6 Å². The molecule has 7 heteroatoms. The van der Waals surface area contributed by atoms with Crippen molar-refractivity contribution in [1.82, 2.24) is 14.8 Å². The van der Waals surface area contributed by atoms with E-state index in [2.05, 4.69) is 15.5 Å². The molecular weight excluding hydrogens is 234 g/mol. The maximum Gasteiger partial charge on any atom is 0.230 e. The molecule has 2 aromatic rings. The van der Waals surface area contributed by atoms with Gasteiger partial charge in [0.05, 0.1) is 0 Å². The Bertz CT molecular complexity index is 565. The average Bonchev–Trinajstić information content (AvgIpc) is 2.66. The topological polar surface area (TPSA) is 86.4 Å². The summed E-state index contributed by atoms with van der Waals surface area (Å²) in [6.07, 6.45) is 0. The largest absolute Gasteiger partial charge is 0.504 e. The van der Waals surface area contributed by atoms with Crippen molar-refractivity contribution in [3.8, 4) is 11.5 Å². The fraction of sp³-hybridized carbons (Fsp3) is 0.273. The molecule has 0 spiro atoms. The zero-order valence-electron chi connectivity index (χ0n) is 10.4. The molecule has 1 heterocycles. The molecular formula is C11H15N5O2. The van der Waals surface area contributed by atoms with Crippen LogP contribution in [0.15, 0.2) is 18.2 Å². The first-order chi connectivity index (χ1) is 8.49. The molecule has 3 N–H and O–H groups in total. The summed E-state index contributed by atoms with van der Waals surface area (Å²) in [6, 6.07) is 4.46. The first kappa shape index (κ1) is 12.0. The quantitative estimate of drug-likeness (QED) is 0.556. The van der Waals surface area contributed by atoms with E-state index < -0.39 is 0 Å². The predicted molar refractivity (Wildman–Crippen MR) is 68.4 cm³/mol. The molecule has 0 radical (unpaired) electrons. The van der Waals surface area contributed by atoms with E-state index in [0.29, 0.717) is 17.6 Å². The van der Waals surface area contributed by atoms with Gasteiger partial charge in [0.1, 0.15) is 0 Å². The molecule has 1 aromatic heterocycles. The van der Waals surface area contributed by atoms with Gasteiger partial charge in [-0.15, -0.1) is 10.2 Å². The molecule has 18 heavy (non-hydrogen) atoms. The Morgan fingerprint density at radius 1 is 1.17 bits per heavy atom. The molecule has 0 saturated carbocycles. The summed E-state index contributed by atoms with van der Waals surface area (Å²) in [7, 11) is 5.58. The van der Waals surface area contributed by atoms with Crippen LogP contribution in [0.25, 0.3) is 0 Å². The third kappa shape index (κ3) is 2.15. The highest BCUT2D eigenvalue weighted by atomic mass is 16.3. The van der Waals surface area contributed by atoms with E-state index in [4.69, 9.17) is 0 Å². The molecule has 0 fully saturated rings. The molecule has 0 amide bonds. The lowest BCUT2D eigenvalue weighted by molar-refractivity contribution is 0.404. The number of aromatic hydroxyl groups is 2. The number of phenols is 2. The zero-order chi connectivity index (χ0) is 13.3. The van der Waals surface area contributed by atoms with Crippen molar-refractivity contribution in [2.24, 2.45) is 7.05 Å². The Hall–Kier alpha value is -2.44. The average molecular weight is 249 g/mol. The van der Waals surface area contributed by atoms with Gasteiger partial charge in [-0.25, -0.2) is 0 Å². The summed E-state index contributed by atoms with van der Waals surface area (Å²) >= 11 is 0. The second-order valence-electron chi connectivity index (χ2n) is 4.11. The van der Waals surface area contributed by atoms with Gasteiger partial charge in [0.2, 0.25) is 11.9 Å². The minimum atomic E-state index is -0.185. The third-order valence-electron chi connectivity index (χ3n) is 2.48. The van der Waals surface area contributed by atoms with Crippen LogP contribution in [0.2, 0.25) is 0 Å². The lowest BCUT2D eigenvalue weighted by Gasteiger charge is -2.11. The van der Waals surface area contributed by atoms with Crippen molar-refractivity contribution < 1.29 is 10.2 Å². The molecule has 0 aliphatic rings. The molecule has 0 unspecified atom stereocenters. The molecule has 1 aromatic carbocycles. The van der Waals surface area contributed by atoms with E-state index in [1.165, 1.54) is 12.1 Å². The highest BCUT2D eigenvalue weighted by Gasteiger charge is 2.10. The second-order valence-corrected chi connectivity index (χ2v) is 4.11. The van der Waals surface area contributed by atoms with Gasteiger partial charge in [0, 0.05) is 32.9 Å². The van der Waals surface area contributed by atoms with Gasteiger partial charge in [-0.2, -0.15) is 0 Å². The lowest BCUT2D eigenvalue weighted by atomic mass is 10.3. The van der Waals surface area contributed by atoms with Gasteiger partial charge in [0.25, 0.3) is 0 Å². The first-order valence-electron chi connectivity index (χ1n) is 5.34. The Kier molecular flexibility index (Phi) is 2.97. The molecule has 2 rings (SSSR count). The van der Waals surface area contributed by atoms with Gasteiger partial charge in [-0.3, -0.25) is 4.57 Å². The van der Waals surface area contributed by atoms with E-state index in [9.17, 15) is 10.2 Å². The first-order valence-corrected chi connectivity index (χ1v) is 5.34. The highest BCUT2D eigenvalue weighted by molar-refractivity contribution is 5.59. The van der Waals surface area contributed by atoms with E-state index in [-0.39, 0.29) is 11.5 Å². The smallest absolute Gasteiger partial charge is 0.230 e. The van der Waals surface area contributed by atoms with Crippen LogP contribution in [-0.2, 0) is 7.05 Å². The van der Waals surface area contributed by atoms with Crippen LogP contribution >= 0.6 is 0 Å². The highest BCUT2D eigenvalue weighted by Crippen LogP contribution is 2.28. The minimum Gasteiger partial charge on any atom is -0.504 e. The van der Waals surface area contributed by atoms with Gasteiger partial charge in [0.15, 0.2) is 11.5 Å². The van der Waals surface area contributed by atoms with E-state index in [0.717, 1.165) is 0 Å². The summed E-state index contributed by atoms with van der Waals surface area (Å²) in [5, 5.41) is 29.6. The van der Waals surface area contributed by atoms with Crippen molar-refractivity contribution in [3.05, 3.63) is 18.2 Å². The minimum absolute atomic E-state index is 0.160. The Labute approximate surface area is 104 Å². The van der Waals surface area contributed by atoms with Crippen LogP contribution in [0.4, 0.5) is 17.6 Å². The molecule has 0 aliphatic carbocycles. The molecule has 0 atom stereocenters. The lowest BCUT2D eigenvalue weighted by Crippen LogP contribution is -2.14. The third-order valence-corrected chi connectivity index (χ3v) is 2.48. The van der Waals surface area contributed by atoms with Gasteiger partial charge >= 0.3 is 0 Å². The summed E-state index contributed by atoms with van der Waals surface area (Å²) in [5.41, 5.74) is 0.617. The summed E-state index contributed by atoms with van der Waals surface area (Å²) in [6.45, 7) is 0. The Morgan fingerprint density at radius 3 is 2.44 bits per heavy atom. The number of aromatic nitrogens is 3. The second kappa shape index (κ2) is 4.44. The fourth-order valence-corrected chi connectivity index (χ4v) is 1.55. The molecule has 0 aliphatic heterocycles. The van der Waals surface area contributed by atoms with Crippen molar-refractivity contribution in [2.45, 2.75) is 0 Å². The number of phenolic OH excluding ortho intramolecular Hbond substituents is 2. The predicted octanol–water partition coefficient (Wildman–Crippen LogP) is 1.04. The molecule has 7 nitrogen and oxygen atoms in total. The standard InChI is InChI=1S/C11H15N5O2/c1-15(2)11-14-13-10(16(11)3)12-7-4-5-8(17)9(18)6-7/h4-6,17-18H,1-3H3,(H,12,13). The van der Waals surface area contributed by atoms with Crippen LogP contribution in [0, 0.1) is 0 Å². The SMILES string of the molecule is CN(C)c1nnc(Nc2ccc(O)c(O)c2)n1C. The number of nitrogens with one attached hydrogen (secondary N) is 1. The van der Waals surface area contributed by atoms with Gasteiger partial charge in [-0.05, 0) is 12.1 Å². The van der Waals surface area contributed by atoms with E-state index >= 15 is 0 Å². The zero-order valence-corrected chi connectivity index (χ0v) is 10.4. The maximum atomic E-state index is 9.40. The summed E-state index contributed by atoms with van der Waals surface area (Å²) in [4.78, 5) is 1.84.